The van der Waals surface area contributed by atoms with Crippen molar-refractivity contribution in [3.8, 4) is 0 Å². The Balaban J connectivity index is 3.94. The highest BCUT2D eigenvalue weighted by molar-refractivity contribution is 5.86. The Hall–Kier alpha value is -0.830. The minimum absolute atomic E-state index is 0.306. The van der Waals surface area contributed by atoms with Gasteiger partial charge >= 0.3 is 5.97 Å². The lowest BCUT2D eigenvalue weighted by molar-refractivity contribution is -0.896. The van der Waals surface area contributed by atoms with E-state index in [0.717, 1.165) is 17.3 Å². The number of carbonyl (C=O) groups is 1. The highest BCUT2D eigenvalue weighted by atomic mass is 16.5. The summed E-state index contributed by atoms with van der Waals surface area (Å²) in [5, 5.41) is 0. The molecule has 1 atom stereocenters. The molecule has 3 nitrogen and oxygen atoms in total. The number of quaternary nitrogens is 1. The standard InChI is InChI=1S/C12H23NO2/c1-7-11(13(4,5)6)8-9-15-12(14)10(2)3/h11H,1-2,7-9H2,3-6H3/q+1. The van der Waals surface area contributed by atoms with E-state index in [4.69, 9.17) is 4.74 Å². The molecular formula is C12H23NO2+. The summed E-state index contributed by atoms with van der Waals surface area (Å²) in [6.45, 7) is 9.54. The van der Waals surface area contributed by atoms with Gasteiger partial charge in [0.05, 0.1) is 33.8 Å². The third-order valence-corrected chi connectivity index (χ3v) is 2.46. The van der Waals surface area contributed by atoms with E-state index in [1.54, 1.807) is 6.92 Å². The highest BCUT2D eigenvalue weighted by Crippen LogP contribution is 2.11. The van der Waals surface area contributed by atoms with Gasteiger partial charge < -0.3 is 9.22 Å². The lowest BCUT2D eigenvalue weighted by Crippen LogP contribution is -2.45. The van der Waals surface area contributed by atoms with E-state index < -0.39 is 0 Å². The van der Waals surface area contributed by atoms with E-state index >= 15 is 0 Å². The molecule has 0 heterocycles. The Morgan fingerprint density at radius 3 is 2.27 bits per heavy atom. The largest absolute Gasteiger partial charge is 0.462 e. The van der Waals surface area contributed by atoms with E-state index in [1.165, 1.54) is 0 Å². The first-order valence-electron chi connectivity index (χ1n) is 5.22. The van der Waals surface area contributed by atoms with Crippen molar-refractivity contribution in [2.45, 2.75) is 25.8 Å². The molecule has 0 aromatic heterocycles. The molecule has 0 bridgehead atoms. The Morgan fingerprint density at radius 2 is 1.93 bits per heavy atom. The fourth-order valence-electron chi connectivity index (χ4n) is 1.33. The molecule has 0 aliphatic carbocycles. The number of ether oxygens (including phenoxy) is 1. The van der Waals surface area contributed by atoms with Crippen LogP contribution in [0.4, 0.5) is 0 Å². The van der Waals surface area contributed by atoms with E-state index in [2.05, 4.69) is 34.6 Å². The lowest BCUT2D eigenvalue weighted by atomic mass is 10.1. The number of hydrogen-bond acceptors (Lipinski definition) is 2. The fraction of sp³-hybridized carbons (Fsp3) is 0.667. The average Bonchev–Trinajstić information content (AvgIpc) is 2.09. The van der Waals surface area contributed by atoms with Crippen LogP contribution in [0, 0.1) is 6.92 Å². The first kappa shape index (κ1) is 14.2. The van der Waals surface area contributed by atoms with Gasteiger partial charge in [0.25, 0.3) is 0 Å². The normalized spacial score (nSPS) is 13.4. The van der Waals surface area contributed by atoms with Crippen LogP contribution in [0.2, 0.25) is 0 Å². The van der Waals surface area contributed by atoms with Gasteiger partial charge in [-0.05, 0) is 20.3 Å². The minimum Gasteiger partial charge on any atom is -0.462 e. The van der Waals surface area contributed by atoms with Gasteiger partial charge in [-0.2, -0.15) is 0 Å². The molecule has 3 heteroatoms. The van der Waals surface area contributed by atoms with Crippen LogP contribution in [0.25, 0.3) is 0 Å². The number of nitrogens with zero attached hydrogens (tertiary/aromatic N) is 1. The van der Waals surface area contributed by atoms with Crippen molar-refractivity contribution in [3.05, 3.63) is 19.1 Å². The molecule has 0 rings (SSSR count). The van der Waals surface area contributed by atoms with Gasteiger partial charge in [-0.25, -0.2) is 4.79 Å². The van der Waals surface area contributed by atoms with Gasteiger partial charge in [-0.1, -0.05) is 6.58 Å². The number of hydrogen-bond donors (Lipinski definition) is 0. The van der Waals surface area contributed by atoms with Crippen molar-refractivity contribution in [2.24, 2.45) is 0 Å². The Bertz CT molecular complexity index is 228. The van der Waals surface area contributed by atoms with Crippen molar-refractivity contribution < 1.29 is 14.0 Å². The second-order valence-electron chi connectivity index (χ2n) is 4.76. The minimum atomic E-state index is -0.306. The van der Waals surface area contributed by atoms with E-state index in [1.807, 2.05) is 0 Å². The molecule has 0 spiro atoms. The maximum atomic E-state index is 11.1. The summed E-state index contributed by atoms with van der Waals surface area (Å²) in [4.78, 5) is 11.1. The molecule has 0 aromatic rings. The molecule has 0 saturated carbocycles. The zero-order chi connectivity index (χ0) is 12.1. The third-order valence-electron chi connectivity index (χ3n) is 2.46. The molecule has 0 saturated heterocycles. The van der Waals surface area contributed by atoms with Gasteiger partial charge in [0.15, 0.2) is 0 Å². The zero-order valence-corrected chi connectivity index (χ0v) is 10.4. The van der Waals surface area contributed by atoms with Crippen molar-refractivity contribution in [1.29, 1.82) is 0 Å². The summed E-state index contributed by atoms with van der Waals surface area (Å²) < 4.78 is 5.90. The molecule has 0 aliphatic rings. The summed E-state index contributed by atoms with van der Waals surface area (Å²) in [5.74, 6) is -0.306. The third kappa shape index (κ3) is 5.57. The van der Waals surface area contributed by atoms with E-state index in [-0.39, 0.29) is 5.97 Å². The highest BCUT2D eigenvalue weighted by Gasteiger charge is 2.21. The quantitative estimate of drug-likeness (QED) is 0.382. The molecule has 1 unspecified atom stereocenters. The first-order valence-corrected chi connectivity index (χ1v) is 5.22. The predicted octanol–water partition coefficient (Wildman–Crippen LogP) is 1.79. The van der Waals surface area contributed by atoms with Crippen LogP contribution in [0.1, 0.15) is 19.8 Å². The maximum Gasteiger partial charge on any atom is 0.333 e. The van der Waals surface area contributed by atoms with Gasteiger partial charge in [-0.3, -0.25) is 0 Å². The lowest BCUT2D eigenvalue weighted by Gasteiger charge is -2.33. The molecule has 0 fully saturated rings. The van der Waals surface area contributed by atoms with Gasteiger partial charge in [0, 0.05) is 12.0 Å². The molecule has 0 N–H and O–H groups in total. The summed E-state index contributed by atoms with van der Waals surface area (Å²) in [6, 6.07) is 0.419. The van der Waals surface area contributed by atoms with Crippen molar-refractivity contribution in [2.75, 3.05) is 27.7 Å². The van der Waals surface area contributed by atoms with Crippen LogP contribution in [-0.2, 0) is 9.53 Å². The van der Waals surface area contributed by atoms with Crippen LogP contribution in [0.3, 0.4) is 0 Å². The summed E-state index contributed by atoms with van der Waals surface area (Å²) >= 11 is 0. The average molecular weight is 213 g/mol. The van der Waals surface area contributed by atoms with Crippen molar-refractivity contribution in [1.82, 2.24) is 0 Å². The van der Waals surface area contributed by atoms with E-state index in [0.29, 0.717) is 18.2 Å². The Morgan fingerprint density at radius 1 is 1.40 bits per heavy atom. The second-order valence-corrected chi connectivity index (χ2v) is 4.76. The fourth-order valence-corrected chi connectivity index (χ4v) is 1.33. The van der Waals surface area contributed by atoms with Gasteiger partial charge in [0.1, 0.15) is 0 Å². The number of esters is 1. The first-order chi connectivity index (χ1) is 6.79. The van der Waals surface area contributed by atoms with Crippen LogP contribution in [0.5, 0.6) is 0 Å². The van der Waals surface area contributed by atoms with Crippen LogP contribution in [0.15, 0.2) is 12.2 Å². The summed E-state index contributed by atoms with van der Waals surface area (Å²) in [5.41, 5.74) is 0.450. The maximum absolute atomic E-state index is 11.1. The van der Waals surface area contributed by atoms with Crippen LogP contribution in [-0.4, -0.2) is 44.2 Å². The van der Waals surface area contributed by atoms with Gasteiger partial charge in [0.2, 0.25) is 0 Å². The molecule has 1 radical (unpaired) electrons. The van der Waals surface area contributed by atoms with E-state index in [9.17, 15) is 4.79 Å². The van der Waals surface area contributed by atoms with Crippen molar-refractivity contribution >= 4 is 5.97 Å². The molecule has 0 aliphatic heterocycles. The van der Waals surface area contributed by atoms with Crippen LogP contribution >= 0.6 is 0 Å². The number of carbonyl (C=O) groups excluding carboxylic acids is 1. The molecule has 0 aromatic carbocycles. The molecule has 87 valence electrons. The number of rotatable bonds is 6. The zero-order valence-electron chi connectivity index (χ0n) is 10.4. The Labute approximate surface area is 93.3 Å². The molecule has 15 heavy (non-hydrogen) atoms. The second kappa shape index (κ2) is 5.91. The van der Waals surface area contributed by atoms with Crippen LogP contribution < -0.4 is 0 Å². The summed E-state index contributed by atoms with van der Waals surface area (Å²) in [6.07, 6.45) is 1.68. The SMILES string of the molecule is [CH2]CC(CCOC(=O)C(=C)C)[N+](C)(C)C. The van der Waals surface area contributed by atoms with Crippen molar-refractivity contribution in [3.63, 3.8) is 0 Å². The smallest absolute Gasteiger partial charge is 0.333 e. The van der Waals surface area contributed by atoms with Gasteiger partial charge in [-0.15, -0.1) is 0 Å². The topological polar surface area (TPSA) is 26.3 Å². The predicted molar refractivity (Wildman–Crippen MR) is 62.2 cm³/mol. The summed E-state index contributed by atoms with van der Waals surface area (Å²) in [7, 11) is 6.36. The molecule has 0 amide bonds. The monoisotopic (exact) mass is 213 g/mol. The molecular weight excluding hydrogens is 190 g/mol. The Kier molecular flexibility index (Phi) is 5.58.